The van der Waals surface area contributed by atoms with E-state index in [-0.39, 0.29) is 0 Å². The molecule has 0 saturated heterocycles. The molecule has 1 aromatic carbocycles. The van der Waals surface area contributed by atoms with Gasteiger partial charge in [0.2, 0.25) is 0 Å². The van der Waals surface area contributed by atoms with Crippen molar-refractivity contribution in [3.8, 4) is 0 Å². The average Bonchev–Trinajstić information content (AvgIpc) is 2.24. The molecule has 0 radical (unpaired) electrons. The number of hydrogen-bond donors (Lipinski definition) is 1. The first-order chi connectivity index (χ1) is 7.58. The molecule has 0 aromatic heterocycles. The maximum absolute atomic E-state index is 3.70. The Balaban J connectivity index is 2.05. The van der Waals surface area contributed by atoms with Gasteiger partial charge in [-0.15, -0.1) is 0 Å². The van der Waals surface area contributed by atoms with Crippen molar-refractivity contribution in [3.05, 3.63) is 29.8 Å². The molecule has 0 bridgehead atoms. The van der Waals surface area contributed by atoms with Gasteiger partial charge in [-0.2, -0.15) is 0 Å². The third-order valence-corrected chi connectivity index (χ3v) is 3.90. The summed E-state index contributed by atoms with van der Waals surface area (Å²) < 4.78 is 0. The zero-order valence-corrected chi connectivity index (χ0v) is 10.7. The van der Waals surface area contributed by atoms with E-state index in [0.717, 1.165) is 0 Å². The van der Waals surface area contributed by atoms with Crippen LogP contribution in [0.15, 0.2) is 24.3 Å². The molecule has 88 valence electrons. The normalized spacial score (nSPS) is 24.1. The van der Waals surface area contributed by atoms with Crippen molar-refractivity contribution >= 4 is 5.69 Å². The minimum absolute atomic E-state index is 0.434. The van der Waals surface area contributed by atoms with Gasteiger partial charge in [0.25, 0.3) is 0 Å². The molecule has 1 heteroatoms. The van der Waals surface area contributed by atoms with Crippen LogP contribution in [0.5, 0.6) is 0 Å². The summed E-state index contributed by atoms with van der Waals surface area (Å²) in [7, 11) is 0. The predicted octanol–water partition coefficient (Wildman–Crippen LogP) is 4.38. The van der Waals surface area contributed by atoms with E-state index in [0.29, 0.717) is 11.5 Å². The molecule has 0 heterocycles. The van der Waals surface area contributed by atoms with Gasteiger partial charge >= 0.3 is 0 Å². The maximum atomic E-state index is 3.70. The van der Waals surface area contributed by atoms with Gasteiger partial charge in [0, 0.05) is 11.7 Å². The molecular formula is C15H23N. The van der Waals surface area contributed by atoms with Crippen LogP contribution >= 0.6 is 0 Å². The molecule has 1 aromatic rings. The Kier molecular flexibility index (Phi) is 3.22. The van der Waals surface area contributed by atoms with E-state index in [2.05, 4.69) is 50.4 Å². The zero-order valence-electron chi connectivity index (χ0n) is 10.7. The molecule has 16 heavy (non-hydrogen) atoms. The number of anilines is 1. The highest BCUT2D eigenvalue weighted by Gasteiger charge is 2.31. The lowest BCUT2D eigenvalue weighted by atomic mass is 9.73. The second kappa shape index (κ2) is 4.48. The van der Waals surface area contributed by atoms with Gasteiger partial charge in [-0.1, -0.05) is 44.4 Å². The van der Waals surface area contributed by atoms with Gasteiger partial charge in [0.15, 0.2) is 0 Å². The van der Waals surface area contributed by atoms with Crippen LogP contribution in [0.3, 0.4) is 0 Å². The van der Waals surface area contributed by atoms with Crippen molar-refractivity contribution in [1.29, 1.82) is 0 Å². The summed E-state index contributed by atoms with van der Waals surface area (Å²) in [5.74, 6) is 0. The monoisotopic (exact) mass is 217 g/mol. The summed E-state index contributed by atoms with van der Waals surface area (Å²) in [4.78, 5) is 0. The van der Waals surface area contributed by atoms with Crippen LogP contribution in [0.2, 0.25) is 0 Å². The van der Waals surface area contributed by atoms with Crippen LogP contribution in [0.1, 0.15) is 45.1 Å². The Morgan fingerprint density at radius 3 is 2.44 bits per heavy atom. The van der Waals surface area contributed by atoms with Crippen LogP contribution in [-0.2, 0) is 0 Å². The van der Waals surface area contributed by atoms with E-state index in [9.17, 15) is 0 Å². The summed E-state index contributed by atoms with van der Waals surface area (Å²) in [5, 5.41) is 3.70. The smallest absolute Gasteiger partial charge is 0.0342 e. The molecule has 0 aliphatic heterocycles. The first-order valence-corrected chi connectivity index (χ1v) is 6.41. The summed E-state index contributed by atoms with van der Waals surface area (Å²) in [6.07, 6.45) is 5.41. The molecule has 1 saturated carbocycles. The Labute approximate surface area is 99.3 Å². The molecule has 0 spiro atoms. The zero-order chi connectivity index (χ0) is 11.6. The van der Waals surface area contributed by atoms with Gasteiger partial charge < -0.3 is 5.32 Å². The summed E-state index contributed by atoms with van der Waals surface area (Å²) in [5.41, 5.74) is 3.03. The summed E-state index contributed by atoms with van der Waals surface area (Å²) in [6.45, 7) is 6.91. The summed E-state index contributed by atoms with van der Waals surface area (Å²) in [6, 6.07) is 9.38. The van der Waals surface area contributed by atoms with Crippen molar-refractivity contribution in [2.24, 2.45) is 5.41 Å². The molecule has 1 N–H and O–H groups in total. The third-order valence-electron chi connectivity index (χ3n) is 3.90. The van der Waals surface area contributed by atoms with E-state index in [1.165, 1.54) is 36.9 Å². The van der Waals surface area contributed by atoms with Crippen molar-refractivity contribution in [3.63, 3.8) is 0 Å². The van der Waals surface area contributed by atoms with E-state index in [1.807, 2.05) is 0 Å². The Morgan fingerprint density at radius 1 is 1.12 bits per heavy atom. The third kappa shape index (κ3) is 2.58. The first-order valence-electron chi connectivity index (χ1n) is 6.41. The minimum atomic E-state index is 0.434. The highest BCUT2D eigenvalue weighted by molar-refractivity contribution is 5.45. The number of rotatable bonds is 2. The SMILES string of the molecule is Cc1ccc(NC2CCCCC2(C)C)cc1. The molecule has 1 aliphatic carbocycles. The second-order valence-corrected chi connectivity index (χ2v) is 5.80. The standard InChI is InChI=1S/C15H23N/c1-12-7-9-13(10-8-12)16-14-6-4-5-11-15(14,2)3/h7-10,14,16H,4-6,11H2,1-3H3. The van der Waals surface area contributed by atoms with Crippen molar-refractivity contribution in [1.82, 2.24) is 0 Å². The molecule has 1 unspecified atom stereocenters. The molecule has 1 fully saturated rings. The molecule has 1 atom stereocenters. The van der Waals surface area contributed by atoms with E-state index >= 15 is 0 Å². The Morgan fingerprint density at radius 2 is 1.81 bits per heavy atom. The Bertz CT molecular complexity index is 337. The van der Waals surface area contributed by atoms with Crippen LogP contribution in [-0.4, -0.2) is 6.04 Å². The maximum Gasteiger partial charge on any atom is 0.0342 e. The van der Waals surface area contributed by atoms with Gasteiger partial charge in [-0.05, 0) is 37.3 Å². The van der Waals surface area contributed by atoms with E-state index in [1.54, 1.807) is 0 Å². The first kappa shape index (κ1) is 11.5. The summed E-state index contributed by atoms with van der Waals surface area (Å²) >= 11 is 0. The average molecular weight is 217 g/mol. The predicted molar refractivity (Wildman–Crippen MR) is 70.8 cm³/mol. The number of aryl methyl sites for hydroxylation is 1. The largest absolute Gasteiger partial charge is 0.382 e. The van der Waals surface area contributed by atoms with E-state index < -0.39 is 0 Å². The quantitative estimate of drug-likeness (QED) is 0.775. The fourth-order valence-corrected chi connectivity index (χ4v) is 2.61. The number of benzene rings is 1. The van der Waals surface area contributed by atoms with Crippen LogP contribution in [0, 0.1) is 12.3 Å². The topological polar surface area (TPSA) is 12.0 Å². The van der Waals surface area contributed by atoms with Crippen LogP contribution < -0.4 is 5.32 Å². The Hall–Kier alpha value is -0.980. The highest BCUT2D eigenvalue weighted by atomic mass is 14.9. The molecule has 1 aliphatic rings. The number of nitrogens with one attached hydrogen (secondary N) is 1. The lowest BCUT2D eigenvalue weighted by molar-refractivity contribution is 0.217. The van der Waals surface area contributed by atoms with Crippen molar-refractivity contribution in [2.75, 3.05) is 5.32 Å². The van der Waals surface area contributed by atoms with Gasteiger partial charge in [0.1, 0.15) is 0 Å². The number of hydrogen-bond acceptors (Lipinski definition) is 1. The fourth-order valence-electron chi connectivity index (χ4n) is 2.61. The molecule has 2 rings (SSSR count). The minimum Gasteiger partial charge on any atom is -0.382 e. The highest BCUT2D eigenvalue weighted by Crippen LogP contribution is 2.37. The van der Waals surface area contributed by atoms with Gasteiger partial charge in [0.05, 0.1) is 0 Å². The van der Waals surface area contributed by atoms with Crippen molar-refractivity contribution < 1.29 is 0 Å². The van der Waals surface area contributed by atoms with Crippen LogP contribution in [0.25, 0.3) is 0 Å². The molecule has 0 amide bonds. The lowest BCUT2D eigenvalue weighted by Gasteiger charge is -2.39. The van der Waals surface area contributed by atoms with Gasteiger partial charge in [-0.25, -0.2) is 0 Å². The van der Waals surface area contributed by atoms with Crippen LogP contribution in [0.4, 0.5) is 5.69 Å². The molecular weight excluding hydrogens is 194 g/mol. The van der Waals surface area contributed by atoms with Gasteiger partial charge in [-0.3, -0.25) is 0 Å². The lowest BCUT2D eigenvalue weighted by Crippen LogP contribution is -2.38. The second-order valence-electron chi connectivity index (χ2n) is 5.80. The molecule has 1 nitrogen and oxygen atoms in total. The van der Waals surface area contributed by atoms with E-state index in [4.69, 9.17) is 0 Å². The fraction of sp³-hybridized carbons (Fsp3) is 0.600. The van der Waals surface area contributed by atoms with Crippen molar-refractivity contribution in [2.45, 2.75) is 52.5 Å².